The van der Waals surface area contributed by atoms with Crippen LogP contribution in [0.25, 0.3) is 0 Å². The fraction of sp³-hybridized carbons (Fsp3) is 0.647. The number of nitrogens with one attached hydrogen (secondary N) is 1. The molecule has 0 aromatic heterocycles. The van der Waals surface area contributed by atoms with Crippen LogP contribution in [0.4, 0.5) is 4.39 Å². The highest BCUT2D eigenvalue weighted by Gasteiger charge is 2.40. The van der Waals surface area contributed by atoms with E-state index < -0.39 is 0 Å². The van der Waals surface area contributed by atoms with Crippen molar-refractivity contribution in [3.63, 3.8) is 0 Å². The third kappa shape index (κ3) is 3.41. The molecule has 116 valence electrons. The fourth-order valence-electron chi connectivity index (χ4n) is 3.90. The lowest BCUT2D eigenvalue weighted by molar-refractivity contribution is 0.109. The van der Waals surface area contributed by atoms with Gasteiger partial charge in [-0.2, -0.15) is 0 Å². The Kier molecular flexibility index (Phi) is 4.82. The van der Waals surface area contributed by atoms with Crippen LogP contribution in [0.1, 0.15) is 44.6 Å². The Bertz CT molecular complexity index is 480. The van der Waals surface area contributed by atoms with Crippen molar-refractivity contribution in [3.05, 3.63) is 34.6 Å². The summed E-state index contributed by atoms with van der Waals surface area (Å²) in [6.07, 6.45) is 6.27. The Labute approximate surface area is 131 Å². The van der Waals surface area contributed by atoms with E-state index in [0.29, 0.717) is 18.1 Å². The molecule has 2 aliphatic heterocycles. The van der Waals surface area contributed by atoms with E-state index in [2.05, 4.69) is 17.1 Å². The summed E-state index contributed by atoms with van der Waals surface area (Å²) in [5.74, 6) is -0.328. The van der Waals surface area contributed by atoms with Crippen molar-refractivity contribution in [3.8, 4) is 0 Å². The fourth-order valence-corrected chi connectivity index (χ4v) is 4.10. The van der Waals surface area contributed by atoms with E-state index in [1.165, 1.54) is 38.2 Å². The van der Waals surface area contributed by atoms with Crippen molar-refractivity contribution < 1.29 is 4.39 Å². The maximum absolute atomic E-state index is 13.3. The van der Waals surface area contributed by atoms with Gasteiger partial charge in [-0.1, -0.05) is 24.6 Å². The lowest BCUT2D eigenvalue weighted by Gasteiger charge is -2.39. The summed E-state index contributed by atoms with van der Waals surface area (Å²) in [6.45, 7) is 4.24. The van der Waals surface area contributed by atoms with Gasteiger partial charge in [0.25, 0.3) is 0 Å². The summed E-state index contributed by atoms with van der Waals surface area (Å²) in [5, 5.41) is 3.91. The molecule has 0 saturated carbocycles. The highest BCUT2D eigenvalue weighted by atomic mass is 35.5. The number of halogens is 2. The maximum atomic E-state index is 13.3. The molecule has 0 spiro atoms. The van der Waals surface area contributed by atoms with Crippen molar-refractivity contribution in [2.75, 3.05) is 6.54 Å². The number of hydrogen-bond donors (Lipinski definition) is 1. The molecule has 21 heavy (non-hydrogen) atoms. The summed E-state index contributed by atoms with van der Waals surface area (Å²) < 4.78 is 13.3. The second-order valence-corrected chi connectivity index (χ2v) is 6.84. The van der Waals surface area contributed by atoms with Crippen LogP contribution in [0.5, 0.6) is 0 Å². The van der Waals surface area contributed by atoms with E-state index in [4.69, 9.17) is 11.6 Å². The Morgan fingerprint density at radius 2 is 2.00 bits per heavy atom. The van der Waals surface area contributed by atoms with Crippen molar-refractivity contribution in [1.82, 2.24) is 10.2 Å². The first-order valence-electron chi connectivity index (χ1n) is 8.10. The van der Waals surface area contributed by atoms with Gasteiger partial charge in [0.05, 0.1) is 5.02 Å². The molecule has 2 aliphatic rings. The zero-order chi connectivity index (χ0) is 14.8. The van der Waals surface area contributed by atoms with E-state index in [0.717, 1.165) is 18.7 Å². The van der Waals surface area contributed by atoms with Gasteiger partial charge in [-0.15, -0.1) is 0 Å². The predicted octanol–water partition coefficient (Wildman–Crippen LogP) is 3.97. The van der Waals surface area contributed by atoms with Gasteiger partial charge >= 0.3 is 0 Å². The Morgan fingerprint density at radius 3 is 2.62 bits per heavy atom. The number of nitrogens with zero attached hydrogens (tertiary/aromatic N) is 1. The zero-order valence-electron chi connectivity index (χ0n) is 12.6. The minimum atomic E-state index is -0.328. The minimum Gasteiger partial charge on any atom is -0.314 e. The molecule has 1 N–H and O–H groups in total. The minimum absolute atomic E-state index is 0.236. The number of rotatable bonds is 5. The SMILES string of the molecule is CCCNC1CC2CCC(C1)N2Cc1ccc(F)c(Cl)c1. The van der Waals surface area contributed by atoms with Gasteiger partial charge in [0.1, 0.15) is 5.82 Å². The topological polar surface area (TPSA) is 15.3 Å². The lowest BCUT2D eigenvalue weighted by atomic mass is 9.96. The van der Waals surface area contributed by atoms with Crippen LogP contribution < -0.4 is 5.32 Å². The van der Waals surface area contributed by atoms with Gasteiger partial charge in [0.15, 0.2) is 0 Å². The first-order chi connectivity index (χ1) is 10.2. The van der Waals surface area contributed by atoms with Gasteiger partial charge in [-0.25, -0.2) is 4.39 Å². The monoisotopic (exact) mass is 310 g/mol. The second-order valence-electron chi connectivity index (χ2n) is 6.43. The van der Waals surface area contributed by atoms with Gasteiger partial charge in [0, 0.05) is 24.7 Å². The third-order valence-corrected chi connectivity index (χ3v) is 5.21. The van der Waals surface area contributed by atoms with E-state index >= 15 is 0 Å². The maximum Gasteiger partial charge on any atom is 0.141 e. The van der Waals surface area contributed by atoms with Crippen molar-refractivity contribution in [1.29, 1.82) is 0 Å². The third-order valence-electron chi connectivity index (χ3n) is 4.92. The van der Waals surface area contributed by atoms with Crippen LogP contribution >= 0.6 is 11.6 Å². The summed E-state index contributed by atoms with van der Waals surface area (Å²) in [5.41, 5.74) is 1.12. The van der Waals surface area contributed by atoms with Crippen LogP contribution in [0.15, 0.2) is 18.2 Å². The summed E-state index contributed by atoms with van der Waals surface area (Å²) in [6, 6.07) is 7.13. The first kappa shape index (κ1) is 15.3. The molecular weight excluding hydrogens is 287 g/mol. The highest BCUT2D eigenvalue weighted by molar-refractivity contribution is 6.30. The molecule has 2 bridgehead atoms. The number of piperidine rings is 1. The molecule has 2 atom stereocenters. The molecule has 1 aromatic rings. The Balaban J connectivity index is 1.63. The van der Waals surface area contributed by atoms with Crippen molar-refractivity contribution in [2.45, 2.75) is 63.7 Å². The van der Waals surface area contributed by atoms with Crippen LogP contribution in [-0.4, -0.2) is 29.6 Å². The van der Waals surface area contributed by atoms with Crippen LogP contribution in [-0.2, 0) is 6.54 Å². The molecule has 1 aromatic carbocycles. The van der Waals surface area contributed by atoms with Crippen molar-refractivity contribution >= 4 is 11.6 Å². The number of hydrogen-bond acceptors (Lipinski definition) is 2. The Hall–Kier alpha value is -0.640. The van der Waals surface area contributed by atoms with E-state index in [1.807, 2.05) is 6.07 Å². The summed E-state index contributed by atoms with van der Waals surface area (Å²) in [7, 11) is 0. The average molecular weight is 311 g/mol. The predicted molar refractivity (Wildman–Crippen MR) is 85.1 cm³/mol. The smallest absolute Gasteiger partial charge is 0.141 e. The molecule has 0 aliphatic carbocycles. The zero-order valence-corrected chi connectivity index (χ0v) is 13.4. The molecule has 2 nitrogen and oxygen atoms in total. The average Bonchev–Trinajstić information content (AvgIpc) is 2.71. The number of benzene rings is 1. The molecule has 3 rings (SSSR count). The van der Waals surface area contributed by atoms with Gasteiger partial charge in [-0.3, -0.25) is 4.90 Å². The Morgan fingerprint density at radius 1 is 1.29 bits per heavy atom. The van der Waals surface area contributed by atoms with Gasteiger partial charge in [0.2, 0.25) is 0 Å². The summed E-state index contributed by atoms with van der Waals surface area (Å²) >= 11 is 5.90. The first-order valence-corrected chi connectivity index (χ1v) is 8.48. The largest absolute Gasteiger partial charge is 0.314 e. The molecule has 2 fully saturated rings. The van der Waals surface area contributed by atoms with E-state index in [-0.39, 0.29) is 10.8 Å². The van der Waals surface area contributed by atoms with Gasteiger partial charge in [-0.05, 0) is 56.3 Å². The van der Waals surface area contributed by atoms with Crippen molar-refractivity contribution in [2.24, 2.45) is 0 Å². The highest BCUT2D eigenvalue weighted by Crippen LogP contribution is 2.37. The molecule has 0 radical (unpaired) electrons. The molecule has 4 heteroatoms. The molecule has 2 saturated heterocycles. The van der Waals surface area contributed by atoms with E-state index in [9.17, 15) is 4.39 Å². The van der Waals surface area contributed by atoms with Crippen LogP contribution in [0.3, 0.4) is 0 Å². The standard InChI is InChI=1S/C17H24ClFN2/c1-2-7-20-13-9-14-4-5-15(10-13)21(14)11-12-3-6-17(19)16(18)8-12/h3,6,8,13-15,20H,2,4-5,7,9-11H2,1H3. The van der Waals surface area contributed by atoms with Crippen LogP contribution in [0, 0.1) is 5.82 Å². The summed E-state index contributed by atoms with van der Waals surface area (Å²) in [4.78, 5) is 2.60. The van der Waals surface area contributed by atoms with E-state index in [1.54, 1.807) is 6.07 Å². The molecular formula is C17H24ClFN2. The van der Waals surface area contributed by atoms with Gasteiger partial charge < -0.3 is 5.32 Å². The second kappa shape index (κ2) is 6.64. The molecule has 2 heterocycles. The van der Waals surface area contributed by atoms with Crippen LogP contribution in [0.2, 0.25) is 5.02 Å². The normalized spacial score (nSPS) is 29.0. The molecule has 2 unspecified atom stereocenters. The quantitative estimate of drug-likeness (QED) is 0.885. The molecule has 0 amide bonds. The number of fused-ring (bicyclic) bond motifs is 2. The lowest BCUT2D eigenvalue weighted by Crippen LogP contribution is -2.48.